The Kier molecular flexibility index (Phi) is 34.5. The van der Waals surface area contributed by atoms with Gasteiger partial charge in [-0.15, -0.1) is 0 Å². The fourth-order valence-electron chi connectivity index (χ4n) is 0.132. The maximum Gasteiger partial charge on any atom is 0.374 e. The molecule has 20 heavy (non-hydrogen) atoms. The highest BCUT2D eigenvalue weighted by Gasteiger charge is 2.00. The Morgan fingerprint density at radius 3 is 1.05 bits per heavy atom. The van der Waals surface area contributed by atoms with Gasteiger partial charge in [0.05, 0.1) is 0 Å². The summed E-state index contributed by atoms with van der Waals surface area (Å²) in [5.74, 6) is -2.03. The first kappa shape index (κ1) is 30.9. The molecule has 0 unspecified atom stereocenters. The molecule has 4 nitrogen and oxygen atoms in total. The third kappa shape index (κ3) is 29.8. The molecule has 122 valence electrons. The lowest BCUT2D eigenvalue weighted by atomic mass is 10.4. The first-order valence-corrected chi connectivity index (χ1v) is 5.25. The highest BCUT2D eigenvalue weighted by atomic mass is 19.3. The van der Waals surface area contributed by atoms with E-state index in [-0.39, 0.29) is 20.6 Å². The van der Waals surface area contributed by atoms with Crippen molar-refractivity contribution in [3.05, 3.63) is 24.3 Å². The van der Waals surface area contributed by atoms with Gasteiger partial charge in [0.1, 0.15) is 0 Å². The first-order valence-electron chi connectivity index (χ1n) is 5.25. The molecule has 0 aliphatic carbocycles. The van der Waals surface area contributed by atoms with E-state index in [2.05, 4.69) is 36.9 Å². The molecule has 0 saturated heterocycles. The van der Waals surface area contributed by atoms with Crippen LogP contribution >= 0.6 is 0 Å². The van der Waals surface area contributed by atoms with E-state index in [1.807, 2.05) is 0 Å². The smallest absolute Gasteiger partial charge is 0.269 e. The molecule has 0 atom stereocenters. The largest absolute Gasteiger partial charge is 0.374 e. The summed E-state index contributed by atoms with van der Waals surface area (Å²) >= 11 is 0. The molecular weight excluding hydrogens is 284 g/mol. The molecule has 0 aliphatic heterocycles. The molecular formula is C12H22F4O4. The lowest BCUT2D eigenvalue weighted by Crippen LogP contribution is -1.95. The quantitative estimate of drug-likeness (QED) is 0.582. The van der Waals surface area contributed by atoms with Crippen LogP contribution in [0.25, 0.3) is 0 Å². The van der Waals surface area contributed by atoms with Crippen LogP contribution in [0.15, 0.2) is 24.3 Å². The number of carbonyl (C=O) groups excluding carboxylic acids is 2. The number of hydrogen-bond acceptors (Lipinski definition) is 4. The zero-order valence-electron chi connectivity index (χ0n) is 12.0. The van der Waals surface area contributed by atoms with E-state index < -0.39 is 11.9 Å². The summed E-state index contributed by atoms with van der Waals surface area (Å²) < 4.78 is 21.5. The number of rotatable bonds is 3. The van der Waals surface area contributed by atoms with Crippen molar-refractivity contribution in [3.63, 3.8) is 0 Å². The van der Waals surface area contributed by atoms with Crippen LogP contribution < -0.4 is 0 Å². The molecule has 0 fully saturated rings. The Bertz CT molecular complexity index is 253. The lowest BCUT2D eigenvalue weighted by Gasteiger charge is -1.84. The topological polar surface area (TPSA) is 52.6 Å². The second kappa shape index (κ2) is 22.3. The van der Waals surface area contributed by atoms with Crippen LogP contribution in [0.4, 0.5) is 18.5 Å². The summed E-state index contributed by atoms with van der Waals surface area (Å²) in [4.78, 5) is 25.2. The molecule has 0 aromatic carbocycles. The second-order valence-corrected chi connectivity index (χ2v) is 3.29. The van der Waals surface area contributed by atoms with Crippen LogP contribution in [-0.2, 0) is 19.5 Å². The molecule has 0 aromatic rings. The first-order chi connectivity index (χ1) is 8.28. The van der Waals surface area contributed by atoms with Crippen LogP contribution in [-0.4, -0.2) is 11.9 Å². The standard InChI is InChI=1S/2C4H5FO2.C4H10.2FH/c2*1-3(2)4(6)7-5;1-3-4-2;;/h2*1H2,2H3;3-4H2,1-2H3;2*1H. The summed E-state index contributed by atoms with van der Waals surface area (Å²) in [6.07, 6.45) is 2.64. The van der Waals surface area contributed by atoms with Crippen molar-refractivity contribution >= 4 is 11.9 Å². The molecule has 0 rings (SSSR count). The summed E-state index contributed by atoms with van der Waals surface area (Å²) in [6, 6.07) is 0. The van der Waals surface area contributed by atoms with Gasteiger partial charge >= 0.3 is 11.9 Å². The van der Waals surface area contributed by atoms with E-state index in [4.69, 9.17) is 0 Å². The normalized spacial score (nSPS) is 6.90. The molecule has 0 aliphatic rings. The molecule has 8 heteroatoms. The van der Waals surface area contributed by atoms with Gasteiger partial charge in [-0.05, 0) is 13.8 Å². The van der Waals surface area contributed by atoms with E-state index in [0.29, 0.717) is 0 Å². The van der Waals surface area contributed by atoms with Gasteiger partial charge in [-0.1, -0.05) is 39.8 Å². The predicted molar refractivity (Wildman–Crippen MR) is 69.6 cm³/mol. The van der Waals surface area contributed by atoms with Gasteiger partial charge in [0, 0.05) is 20.2 Å². The molecule has 0 heterocycles. The predicted octanol–water partition coefficient (Wildman–Crippen LogP) is 4.09. The van der Waals surface area contributed by atoms with Crippen molar-refractivity contribution in [2.24, 2.45) is 0 Å². The van der Waals surface area contributed by atoms with E-state index >= 15 is 0 Å². The van der Waals surface area contributed by atoms with E-state index in [1.54, 1.807) is 0 Å². The average molecular weight is 306 g/mol. The van der Waals surface area contributed by atoms with Crippen LogP contribution in [0.2, 0.25) is 0 Å². The highest BCUT2D eigenvalue weighted by molar-refractivity contribution is 5.86. The maximum atomic E-state index is 10.7. The van der Waals surface area contributed by atoms with Gasteiger partial charge in [-0.25, -0.2) is 19.5 Å². The molecule has 0 saturated carbocycles. The van der Waals surface area contributed by atoms with Gasteiger partial charge in [0.15, 0.2) is 0 Å². The molecule has 0 amide bonds. The SMILES string of the molecule is C=C(C)C(=O)OF.C=C(C)C(=O)OF.CCCC.F.F. The number of carbonyl (C=O) groups is 2. The number of unbranched alkanes of at least 4 members (excludes halogenated alkanes) is 1. The van der Waals surface area contributed by atoms with Crippen molar-refractivity contribution < 1.29 is 37.9 Å². The number of halogens is 4. The Morgan fingerprint density at radius 2 is 1.05 bits per heavy atom. The Labute approximate surface area is 116 Å². The fourth-order valence-corrected chi connectivity index (χ4v) is 0.132. The summed E-state index contributed by atoms with van der Waals surface area (Å²) in [5.41, 5.74) is 0.116. The van der Waals surface area contributed by atoms with E-state index in [0.717, 1.165) is 0 Å². The maximum absolute atomic E-state index is 10.7. The molecule has 0 spiro atoms. The minimum atomic E-state index is -1.01. The van der Waals surface area contributed by atoms with Gasteiger partial charge in [-0.2, -0.15) is 0 Å². The van der Waals surface area contributed by atoms with Crippen molar-refractivity contribution in [2.75, 3.05) is 0 Å². The number of hydrogen-bond donors (Lipinski definition) is 0. The third-order valence-corrected chi connectivity index (χ3v) is 1.34. The minimum absolute atomic E-state index is 0. The van der Waals surface area contributed by atoms with E-state index in [1.165, 1.54) is 26.7 Å². The van der Waals surface area contributed by atoms with Crippen molar-refractivity contribution in [3.8, 4) is 0 Å². The van der Waals surface area contributed by atoms with Crippen LogP contribution in [0.3, 0.4) is 0 Å². The summed E-state index contributed by atoms with van der Waals surface area (Å²) in [5, 5.41) is 0. The molecule has 0 N–H and O–H groups in total. The van der Waals surface area contributed by atoms with Crippen molar-refractivity contribution in [1.29, 1.82) is 0 Å². The molecule has 0 radical (unpaired) electrons. The highest BCUT2D eigenvalue weighted by Crippen LogP contribution is 1.90. The lowest BCUT2D eigenvalue weighted by molar-refractivity contribution is -0.178. The van der Waals surface area contributed by atoms with Gasteiger partial charge in [0.25, 0.3) is 0 Å². The Balaban J connectivity index is -0.0000000555. The zero-order chi connectivity index (χ0) is 15.1. The van der Waals surface area contributed by atoms with Gasteiger partial charge in [-0.3, -0.25) is 9.41 Å². The Hall–Kier alpha value is -1.86. The zero-order valence-corrected chi connectivity index (χ0v) is 12.0. The Morgan fingerprint density at radius 1 is 0.850 bits per heavy atom. The second-order valence-electron chi connectivity index (χ2n) is 3.29. The summed E-state index contributed by atoms with van der Waals surface area (Å²) in [7, 11) is 0. The summed E-state index contributed by atoms with van der Waals surface area (Å²) in [6.45, 7) is 13.3. The average Bonchev–Trinajstić information content (AvgIpc) is 2.37. The van der Waals surface area contributed by atoms with Gasteiger partial charge < -0.3 is 0 Å². The van der Waals surface area contributed by atoms with Crippen molar-refractivity contribution in [1.82, 2.24) is 0 Å². The van der Waals surface area contributed by atoms with Gasteiger partial charge in [0.2, 0.25) is 0 Å². The van der Waals surface area contributed by atoms with E-state index in [9.17, 15) is 18.6 Å². The van der Waals surface area contributed by atoms with Crippen molar-refractivity contribution in [2.45, 2.75) is 40.5 Å². The fraction of sp³-hybridized carbons (Fsp3) is 0.500. The van der Waals surface area contributed by atoms with Crippen LogP contribution in [0, 0.1) is 0 Å². The monoisotopic (exact) mass is 306 g/mol. The molecule has 0 aromatic heterocycles. The third-order valence-electron chi connectivity index (χ3n) is 1.34. The minimum Gasteiger partial charge on any atom is -0.269 e. The molecule has 0 bridgehead atoms. The van der Waals surface area contributed by atoms with Crippen LogP contribution in [0.1, 0.15) is 40.5 Å². The van der Waals surface area contributed by atoms with Crippen LogP contribution in [0.5, 0.6) is 0 Å².